The van der Waals surface area contributed by atoms with E-state index in [1.54, 1.807) is 35.0 Å². The van der Waals surface area contributed by atoms with E-state index >= 15 is 0 Å². The minimum Gasteiger partial charge on any atom is -0.322 e. The van der Waals surface area contributed by atoms with Crippen LogP contribution in [0.25, 0.3) is 16.2 Å². The molecule has 1 aromatic carbocycles. The standard InChI is InChI=1S/C17H12N4O2S2/c1-10-19-14(9-25-10)11-2-4-12(5-3-11)20-15(22)13-8-18-17-21(16(13)23)6-7-24-17/h2-9H,1H3,(H,20,22). The molecule has 1 amide bonds. The Hall–Kier alpha value is -2.84. The molecule has 1 N–H and O–H groups in total. The predicted octanol–water partition coefficient (Wildman–Crippen LogP) is 3.44. The van der Waals surface area contributed by atoms with Crippen LogP contribution in [0.5, 0.6) is 0 Å². The Morgan fingerprint density at radius 1 is 1.20 bits per heavy atom. The highest BCUT2D eigenvalue weighted by Gasteiger charge is 2.14. The number of anilines is 1. The van der Waals surface area contributed by atoms with Crippen molar-refractivity contribution < 1.29 is 4.79 Å². The summed E-state index contributed by atoms with van der Waals surface area (Å²) in [5.74, 6) is -0.477. The van der Waals surface area contributed by atoms with Gasteiger partial charge in [0.1, 0.15) is 5.56 Å². The van der Waals surface area contributed by atoms with Crippen LogP contribution in [0.15, 0.2) is 52.2 Å². The van der Waals surface area contributed by atoms with Gasteiger partial charge >= 0.3 is 0 Å². The van der Waals surface area contributed by atoms with Gasteiger partial charge in [-0.1, -0.05) is 12.1 Å². The Morgan fingerprint density at radius 3 is 2.72 bits per heavy atom. The van der Waals surface area contributed by atoms with Crippen LogP contribution in [-0.2, 0) is 0 Å². The van der Waals surface area contributed by atoms with E-state index in [4.69, 9.17) is 0 Å². The highest BCUT2D eigenvalue weighted by atomic mass is 32.1. The SMILES string of the molecule is Cc1nc(-c2ccc(NC(=O)c3cnc4sccn4c3=O)cc2)cs1. The van der Waals surface area contributed by atoms with Gasteiger partial charge in [0.05, 0.1) is 10.7 Å². The zero-order valence-electron chi connectivity index (χ0n) is 13.1. The highest BCUT2D eigenvalue weighted by Crippen LogP contribution is 2.23. The number of nitrogens with one attached hydrogen (secondary N) is 1. The lowest BCUT2D eigenvalue weighted by atomic mass is 10.1. The van der Waals surface area contributed by atoms with Gasteiger partial charge in [0.2, 0.25) is 0 Å². The van der Waals surface area contributed by atoms with E-state index in [0.29, 0.717) is 10.6 Å². The van der Waals surface area contributed by atoms with Crippen LogP contribution in [0.2, 0.25) is 0 Å². The molecule has 0 saturated heterocycles. The fraction of sp³-hybridized carbons (Fsp3) is 0.0588. The van der Waals surface area contributed by atoms with E-state index in [1.165, 1.54) is 21.9 Å². The van der Waals surface area contributed by atoms with Gasteiger partial charge in [0.25, 0.3) is 11.5 Å². The van der Waals surface area contributed by atoms with Crippen molar-refractivity contribution in [3.05, 3.63) is 68.3 Å². The molecule has 0 aliphatic heterocycles. The van der Waals surface area contributed by atoms with Gasteiger partial charge < -0.3 is 5.32 Å². The molecule has 124 valence electrons. The highest BCUT2D eigenvalue weighted by molar-refractivity contribution is 7.15. The van der Waals surface area contributed by atoms with Gasteiger partial charge in [0.15, 0.2) is 4.96 Å². The molecule has 0 spiro atoms. The predicted molar refractivity (Wildman–Crippen MR) is 99.6 cm³/mol. The first kappa shape index (κ1) is 15.7. The monoisotopic (exact) mass is 368 g/mol. The topological polar surface area (TPSA) is 76.4 Å². The van der Waals surface area contributed by atoms with Crippen molar-refractivity contribution in [1.82, 2.24) is 14.4 Å². The van der Waals surface area contributed by atoms with Crippen molar-refractivity contribution in [2.75, 3.05) is 5.32 Å². The lowest BCUT2D eigenvalue weighted by Crippen LogP contribution is -2.25. The number of carbonyl (C=O) groups is 1. The first-order valence-corrected chi connectivity index (χ1v) is 9.16. The van der Waals surface area contributed by atoms with Crippen molar-refractivity contribution in [2.45, 2.75) is 6.92 Å². The van der Waals surface area contributed by atoms with E-state index in [9.17, 15) is 9.59 Å². The number of hydrogen-bond acceptors (Lipinski definition) is 6. The largest absolute Gasteiger partial charge is 0.322 e. The maximum Gasteiger partial charge on any atom is 0.271 e. The maximum absolute atomic E-state index is 12.4. The summed E-state index contributed by atoms with van der Waals surface area (Å²) in [5.41, 5.74) is 2.12. The number of benzene rings is 1. The first-order chi connectivity index (χ1) is 12.1. The van der Waals surface area contributed by atoms with Crippen molar-refractivity contribution in [2.24, 2.45) is 0 Å². The van der Waals surface area contributed by atoms with E-state index in [2.05, 4.69) is 15.3 Å². The third kappa shape index (κ3) is 2.97. The van der Waals surface area contributed by atoms with Crippen LogP contribution in [0.3, 0.4) is 0 Å². The molecule has 3 heterocycles. The summed E-state index contributed by atoms with van der Waals surface area (Å²) in [4.78, 5) is 33.8. The van der Waals surface area contributed by atoms with Crippen LogP contribution in [0.1, 0.15) is 15.4 Å². The first-order valence-electron chi connectivity index (χ1n) is 7.40. The number of hydrogen-bond donors (Lipinski definition) is 1. The summed E-state index contributed by atoms with van der Waals surface area (Å²) >= 11 is 2.93. The number of amides is 1. The van der Waals surface area contributed by atoms with Crippen molar-refractivity contribution in [1.29, 1.82) is 0 Å². The van der Waals surface area contributed by atoms with Gasteiger partial charge in [-0.3, -0.25) is 14.0 Å². The molecule has 6 nitrogen and oxygen atoms in total. The second-order valence-corrected chi connectivity index (χ2v) is 7.25. The van der Waals surface area contributed by atoms with Crippen molar-refractivity contribution in [3.63, 3.8) is 0 Å². The molecule has 0 radical (unpaired) electrons. The molecule has 8 heteroatoms. The average molecular weight is 368 g/mol. The number of fused-ring (bicyclic) bond motifs is 1. The van der Waals surface area contributed by atoms with Gasteiger partial charge in [-0.2, -0.15) is 0 Å². The molecule has 0 saturated carbocycles. The molecule has 0 fully saturated rings. The van der Waals surface area contributed by atoms with Gasteiger partial charge in [-0.25, -0.2) is 9.97 Å². The van der Waals surface area contributed by atoms with Crippen molar-refractivity contribution in [3.8, 4) is 11.3 Å². The minimum atomic E-state index is -0.477. The van der Waals surface area contributed by atoms with E-state index < -0.39 is 5.91 Å². The van der Waals surface area contributed by atoms with Crippen LogP contribution in [-0.4, -0.2) is 20.3 Å². The quantitative estimate of drug-likeness (QED) is 0.601. The third-order valence-electron chi connectivity index (χ3n) is 3.64. The number of rotatable bonds is 3. The maximum atomic E-state index is 12.4. The molecule has 25 heavy (non-hydrogen) atoms. The van der Waals surface area contributed by atoms with Crippen LogP contribution < -0.4 is 10.9 Å². The zero-order chi connectivity index (χ0) is 17.4. The molecule has 0 aliphatic carbocycles. The van der Waals surface area contributed by atoms with E-state index in [-0.39, 0.29) is 11.1 Å². The Bertz CT molecular complexity index is 1130. The Balaban J connectivity index is 1.57. The number of aromatic nitrogens is 3. The molecule has 4 rings (SSSR count). The molecular formula is C17H12N4O2S2. The van der Waals surface area contributed by atoms with Gasteiger partial charge in [-0.05, 0) is 19.1 Å². The number of aryl methyl sites for hydroxylation is 1. The number of carbonyl (C=O) groups excluding carboxylic acids is 1. The second-order valence-electron chi connectivity index (χ2n) is 5.32. The fourth-order valence-corrected chi connectivity index (χ4v) is 3.70. The lowest BCUT2D eigenvalue weighted by molar-refractivity contribution is 0.102. The van der Waals surface area contributed by atoms with Crippen LogP contribution >= 0.6 is 22.7 Å². The molecule has 0 atom stereocenters. The molecule has 0 unspecified atom stereocenters. The van der Waals surface area contributed by atoms with Crippen LogP contribution in [0, 0.1) is 6.92 Å². The summed E-state index contributed by atoms with van der Waals surface area (Å²) in [5, 5.41) is 7.48. The molecule has 0 bridgehead atoms. The van der Waals surface area contributed by atoms with Crippen LogP contribution in [0.4, 0.5) is 5.69 Å². The molecule has 3 aromatic heterocycles. The average Bonchev–Trinajstić information content (AvgIpc) is 3.25. The number of nitrogens with zero attached hydrogens (tertiary/aromatic N) is 3. The second kappa shape index (κ2) is 6.23. The zero-order valence-corrected chi connectivity index (χ0v) is 14.7. The minimum absolute atomic E-state index is 0.00935. The molecular weight excluding hydrogens is 356 g/mol. The summed E-state index contributed by atoms with van der Waals surface area (Å²) in [6.45, 7) is 1.96. The molecule has 0 aliphatic rings. The summed E-state index contributed by atoms with van der Waals surface area (Å²) in [7, 11) is 0. The molecule has 4 aromatic rings. The van der Waals surface area contributed by atoms with Gasteiger partial charge in [-0.15, -0.1) is 22.7 Å². The Labute approximate surface area is 150 Å². The van der Waals surface area contributed by atoms with Crippen molar-refractivity contribution >= 4 is 39.2 Å². The fourth-order valence-electron chi connectivity index (χ4n) is 2.40. The lowest BCUT2D eigenvalue weighted by Gasteiger charge is -2.06. The third-order valence-corrected chi connectivity index (χ3v) is 5.19. The smallest absolute Gasteiger partial charge is 0.271 e. The van der Waals surface area contributed by atoms with E-state index in [1.807, 2.05) is 24.4 Å². The van der Waals surface area contributed by atoms with E-state index in [0.717, 1.165) is 16.3 Å². The normalized spacial score (nSPS) is 10.9. The van der Waals surface area contributed by atoms with Gasteiger partial charge in [0, 0.05) is 34.4 Å². The summed E-state index contributed by atoms with van der Waals surface area (Å²) < 4.78 is 1.37. The summed E-state index contributed by atoms with van der Waals surface area (Å²) in [6.07, 6.45) is 2.92. The number of thiazole rings is 2. The Morgan fingerprint density at radius 2 is 2.00 bits per heavy atom. The Kier molecular flexibility index (Phi) is 3.90. The summed E-state index contributed by atoms with van der Waals surface area (Å²) in [6, 6.07) is 7.35.